The molecule has 0 radical (unpaired) electrons. The number of nitrogens with one attached hydrogen (secondary N) is 1. The second kappa shape index (κ2) is 8.68. The van der Waals surface area contributed by atoms with Crippen LogP contribution in [-0.2, 0) is 11.2 Å². The molecule has 0 bridgehead atoms. The summed E-state index contributed by atoms with van der Waals surface area (Å²) in [6, 6.07) is 5.23. The number of hydrogen-bond acceptors (Lipinski definition) is 7. The van der Waals surface area contributed by atoms with Crippen LogP contribution in [0.3, 0.4) is 0 Å². The number of amides is 1. The Morgan fingerprint density at radius 2 is 2.19 bits per heavy atom. The SMILES string of the molecule is COc1ccc(OC)c(NC(=O)CCc2nc(C3=CCN(C)CC3)no2)c1. The van der Waals surface area contributed by atoms with Gasteiger partial charge in [0.2, 0.25) is 11.8 Å². The van der Waals surface area contributed by atoms with Crippen molar-refractivity contribution in [2.75, 3.05) is 39.7 Å². The highest BCUT2D eigenvalue weighted by Gasteiger charge is 2.16. The topological polar surface area (TPSA) is 89.7 Å². The molecule has 0 unspecified atom stereocenters. The normalized spacial score (nSPS) is 14.6. The minimum Gasteiger partial charge on any atom is -0.497 e. The van der Waals surface area contributed by atoms with Crippen molar-refractivity contribution in [2.24, 2.45) is 0 Å². The van der Waals surface area contributed by atoms with E-state index >= 15 is 0 Å². The molecular formula is C19H24N4O4. The van der Waals surface area contributed by atoms with Crippen molar-refractivity contribution < 1.29 is 18.8 Å². The second-order valence-corrected chi connectivity index (χ2v) is 6.37. The van der Waals surface area contributed by atoms with Crippen LogP contribution in [0.15, 0.2) is 28.8 Å². The third-order valence-electron chi connectivity index (χ3n) is 4.41. The summed E-state index contributed by atoms with van der Waals surface area (Å²) in [5.41, 5.74) is 1.65. The number of anilines is 1. The summed E-state index contributed by atoms with van der Waals surface area (Å²) in [5, 5.41) is 6.87. The summed E-state index contributed by atoms with van der Waals surface area (Å²) in [7, 11) is 5.19. The molecule has 2 aromatic rings. The van der Waals surface area contributed by atoms with Gasteiger partial charge < -0.3 is 24.2 Å². The molecule has 8 heteroatoms. The number of methoxy groups -OCH3 is 2. The Balaban J connectivity index is 1.57. The first-order chi connectivity index (χ1) is 13.1. The molecule has 0 saturated carbocycles. The summed E-state index contributed by atoms with van der Waals surface area (Å²) < 4.78 is 15.7. The Hall–Kier alpha value is -2.87. The van der Waals surface area contributed by atoms with E-state index in [0.29, 0.717) is 35.3 Å². The Morgan fingerprint density at radius 3 is 2.89 bits per heavy atom. The van der Waals surface area contributed by atoms with Gasteiger partial charge in [-0.25, -0.2) is 0 Å². The van der Waals surface area contributed by atoms with Crippen LogP contribution in [0.2, 0.25) is 0 Å². The molecule has 1 aliphatic heterocycles. The number of aromatic nitrogens is 2. The van der Waals surface area contributed by atoms with Crippen LogP contribution >= 0.6 is 0 Å². The number of nitrogens with zero attached hydrogens (tertiary/aromatic N) is 3. The molecule has 0 saturated heterocycles. The van der Waals surface area contributed by atoms with Gasteiger partial charge in [-0.15, -0.1) is 0 Å². The van der Waals surface area contributed by atoms with Gasteiger partial charge in [0.1, 0.15) is 11.5 Å². The summed E-state index contributed by atoms with van der Waals surface area (Å²) in [6.45, 7) is 1.85. The highest BCUT2D eigenvalue weighted by Crippen LogP contribution is 2.29. The maximum absolute atomic E-state index is 12.3. The van der Waals surface area contributed by atoms with E-state index in [9.17, 15) is 4.79 Å². The number of likely N-dealkylation sites (N-methyl/N-ethyl adjacent to an activating group) is 1. The lowest BCUT2D eigenvalue weighted by atomic mass is 10.1. The van der Waals surface area contributed by atoms with Crippen molar-refractivity contribution in [1.82, 2.24) is 15.0 Å². The van der Waals surface area contributed by atoms with Gasteiger partial charge in [-0.3, -0.25) is 4.79 Å². The quantitative estimate of drug-likeness (QED) is 0.798. The third kappa shape index (κ3) is 4.85. The first-order valence-electron chi connectivity index (χ1n) is 8.81. The Bertz CT molecular complexity index is 831. The summed E-state index contributed by atoms with van der Waals surface area (Å²) in [4.78, 5) is 18.9. The zero-order valence-corrected chi connectivity index (χ0v) is 15.8. The first kappa shape index (κ1) is 18.9. The van der Waals surface area contributed by atoms with Gasteiger partial charge in [0.15, 0.2) is 5.82 Å². The van der Waals surface area contributed by atoms with Crippen LogP contribution < -0.4 is 14.8 Å². The number of ether oxygens (including phenoxy) is 2. The van der Waals surface area contributed by atoms with E-state index in [-0.39, 0.29) is 12.3 Å². The van der Waals surface area contributed by atoms with E-state index in [1.54, 1.807) is 32.4 Å². The zero-order valence-electron chi connectivity index (χ0n) is 15.8. The van der Waals surface area contributed by atoms with Crippen LogP contribution in [0, 0.1) is 0 Å². The van der Waals surface area contributed by atoms with E-state index < -0.39 is 0 Å². The Kier molecular flexibility index (Phi) is 6.08. The summed E-state index contributed by atoms with van der Waals surface area (Å²) in [6.07, 6.45) is 3.60. The van der Waals surface area contributed by atoms with Gasteiger partial charge in [-0.1, -0.05) is 11.2 Å². The molecule has 0 atom stereocenters. The minimum absolute atomic E-state index is 0.167. The van der Waals surface area contributed by atoms with Crippen molar-refractivity contribution in [3.63, 3.8) is 0 Å². The summed E-state index contributed by atoms with van der Waals surface area (Å²) in [5.74, 6) is 2.11. The molecule has 0 aliphatic carbocycles. The van der Waals surface area contributed by atoms with Crippen molar-refractivity contribution in [3.8, 4) is 11.5 Å². The van der Waals surface area contributed by atoms with Crippen LogP contribution in [0.4, 0.5) is 5.69 Å². The lowest BCUT2D eigenvalue weighted by molar-refractivity contribution is -0.116. The predicted molar refractivity (Wildman–Crippen MR) is 101 cm³/mol. The molecule has 1 aromatic carbocycles. The van der Waals surface area contributed by atoms with Gasteiger partial charge in [0, 0.05) is 32.0 Å². The molecular weight excluding hydrogens is 348 g/mol. The highest BCUT2D eigenvalue weighted by molar-refractivity contribution is 5.92. The molecule has 1 aromatic heterocycles. The van der Waals surface area contributed by atoms with E-state index in [1.807, 2.05) is 0 Å². The van der Waals surface area contributed by atoms with Gasteiger partial charge in [0.25, 0.3) is 0 Å². The van der Waals surface area contributed by atoms with E-state index in [0.717, 1.165) is 25.1 Å². The Labute approximate surface area is 158 Å². The second-order valence-electron chi connectivity index (χ2n) is 6.37. The molecule has 2 heterocycles. The fourth-order valence-electron chi connectivity index (χ4n) is 2.81. The number of aryl methyl sites for hydroxylation is 1. The van der Waals surface area contributed by atoms with Gasteiger partial charge in [0.05, 0.1) is 19.9 Å². The molecule has 0 spiro atoms. The predicted octanol–water partition coefficient (Wildman–Crippen LogP) is 2.38. The lowest BCUT2D eigenvalue weighted by Crippen LogP contribution is -2.23. The summed E-state index contributed by atoms with van der Waals surface area (Å²) >= 11 is 0. The number of carbonyl (C=O) groups is 1. The number of carbonyl (C=O) groups excluding carboxylic acids is 1. The van der Waals surface area contributed by atoms with Gasteiger partial charge in [-0.2, -0.15) is 4.98 Å². The van der Waals surface area contributed by atoms with Crippen LogP contribution in [0.5, 0.6) is 11.5 Å². The fraction of sp³-hybridized carbons (Fsp3) is 0.421. The molecule has 8 nitrogen and oxygen atoms in total. The number of rotatable bonds is 7. The molecule has 144 valence electrons. The van der Waals surface area contributed by atoms with E-state index in [1.165, 1.54) is 0 Å². The smallest absolute Gasteiger partial charge is 0.227 e. The van der Waals surface area contributed by atoms with Crippen molar-refractivity contribution in [3.05, 3.63) is 36.0 Å². The molecule has 1 N–H and O–H groups in total. The largest absolute Gasteiger partial charge is 0.497 e. The van der Waals surface area contributed by atoms with Gasteiger partial charge in [-0.05, 0) is 31.2 Å². The van der Waals surface area contributed by atoms with Crippen LogP contribution in [0.25, 0.3) is 5.57 Å². The van der Waals surface area contributed by atoms with Crippen LogP contribution in [0.1, 0.15) is 24.6 Å². The minimum atomic E-state index is -0.167. The average Bonchev–Trinajstić information content (AvgIpc) is 3.16. The van der Waals surface area contributed by atoms with Crippen molar-refractivity contribution >= 4 is 17.2 Å². The van der Waals surface area contributed by atoms with Crippen molar-refractivity contribution in [1.29, 1.82) is 0 Å². The molecule has 0 fully saturated rings. The third-order valence-corrected chi connectivity index (χ3v) is 4.41. The highest BCUT2D eigenvalue weighted by atomic mass is 16.5. The molecule has 3 rings (SSSR count). The molecule has 1 amide bonds. The number of hydrogen-bond donors (Lipinski definition) is 1. The molecule has 1 aliphatic rings. The first-order valence-corrected chi connectivity index (χ1v) is 8.81. The maximum Gasteiger partial charge on any atom is 0.227 e. The monoisotopic (exact) mass is 372 g/mol. The lowest BCUT2D eigenvalue weighted by Gasteiger charge is -2.19. The van der Waals surface area contributed by atoms with Gasteiger partial charge >= 0.3 is 0 Å². The van der Waals surface area contributed by atoms with Crippen molar-refractivity contribution in [2.45, 2.75) is 19.3 Å². The Morgan fingerprint density at radius 1 is 1.33 bits per heavy atom. The van der Waals surface area contributed by atoms with E-state index in [4.69, 9.17) is 14.0 Å². The number of benzene rings is 1. The average molecular weight is 372 g/mol. The fourth-order valence-corrected chi connectivity index (χ4v) is 2.81. The van der Waals surface area contributed by atoms with Crippen LogP contribution in [-0.4, -0.2) is 55.3 Å². The standard InChI is InChI=1S/C19H24N4O4/c1-23-10-8-13(9-11-23)19-21-18(27-22-19)7-6-17(24)20-15-12-14(25-2)4-5-16(15)26-3/h4-5,8,12H,6-7,9-11H2,1-3H3,(H,20,24). The maximum atomic E-state index is 12.3. The van der Waals surface area contributed by atoms with E-state index in [2.05, 4.69) is 33.5 Å². The molecule has 27 heavy (non-hydrogen) atoms. The zero-order chi connectivity index (χ0) is 19.2.